The number of carbonyl (C=O) groups excluding carboxylic acids is 1. The van der Waals surface area contributed by atoms with Crippen LogP contribution >= 0.6 is 0 Å². The van der Waals surface area contributed by atoms with E-state index in [9.17, 15) is 4.79 Å². The number of para-hydroxylation sites is 2. The van der Waals surface area contributed by atoms with E-state index < -0.39 is 0 Å². The van der Waals surface area contributed by atoms with E-state index in [1.165, 1.54) is 0 Å². The maximum absolute atomic E-state index is 11.9. The summed E-state index contributed by atoms with van der Waals surface area (Å²) < 4.78 is 11.2. The summed E-state index contributed by atoms with van der Waals surface area (Å²) >= 11 is 0. The van der Waals surface area contributed by atoms with Crippen molar-refractivity contribution in [3.8, 4) is 11.5 Å². The van der Waals surface area contributed by atoms with Gasteiger partial charge >= 0.3 is 0 Å². The van der Waals surface area contributed by atoms with E-state index in [1.54, 1.807) is 11.9 Å². The monoisotopic (exact) mass is 294 g/mol. The van der Waals surface area contributed by atoms with Crippen molar-refractivity contribution in [1.82, 2.24) is 10.2 Å². The van der Waals surface area contributed by atoms with Crippen LogP contribution in [0.1, 0.15) is 20.8 Å². The summed E-state index contributed by atoms with van der Waals surface area (Å²) in [5.41, 5.74) is 0. The third-order valence-corrected chi connectivity index (χ3v) is 3.18. The van der Waals surface area contributed by atoms with E-state index in [1.807, 2.05) is 45.0 Å². The molecule has 1 aromatic rings. The third-order valence-electron chi connectivity index (χ3n) is 3.18. The summed E-state index contributed by atoms with van der Waals surface area (Å²) in [4.78, 5) is 13.6. The lowest BCUT2D eigenvalue weighted by atomic mass is 10.3. The zero-order valence-electron chi connectivity index (χ0n) is 13.4. The molecule has 0 radical (unpaired) electrons. The van der Waals surface area contributed by atoms with Crippen LogP contribution < -0.4 is 14.8 Å². The Kier molecular flexibility index (Phi) is 7.61. The molecule has 1 amide bonds. The fourth-order valence-corrected chi connectivity index (χ4v) is 1.85. The molecule has 118 valence electrons. The van der Waals surface area contributed by atoms with Gasteiger partial charge in [-0.3, -0.25) is 4.79 Å². The predicted octanol–water partition coefficient (Wildman–Crippen LogP) is 1.92. The van der Waals surface area contributed by atoms with E-state index in [2.05, 4.69) is 5.32 Å². The number of hydrogen-bond acceptors (Lipinski definition) is 4. The highest BCUT2D eigenvalue weighted by molar-refractivity contribution is 5.81. The van der Waals surface area contributed by atoms with E-state index in [4.69, 9.17) is 9.47 Å². The van der Waals surface area contributed by atoms with Crippen LogP contribution in [0.5, 0.6) is 11.5 Å². The van der Waals surface area contributed by atoms with Crippen molar-refractivity contribution in [2.45, 2.75) is 26.8 Å². The predicted molar refractivity (Wildman–Crippen MR) is 83.9 cm³/mol. The van der Waals surface area contributed by atoms with Gasteiger partial charge in [-0.05, 0) is 32.9 Å². The fourth-order valence-electron chi connectivity index (χ4n) is 1.85. The molecule has 5 heteroatoms. The molecule has 0 bridgehead atoms. The average Bonchev–Trinajstić information content (AvgIpc) is 2.51. The van der Waals surface area contributed by atoms with E-state index >= 15 is 0 Å². The van der Waals surface area contributed by atoms with Crippen LogP contribution in [-0.4, -0.2) is 50.2 Å². The summed E-state index contributed by atoms with van der Waals surface area (Å²) in [6.07, 6.45) is 0. The van der Waals surface area contributed by atoms with Gasteiger partial charge in [-0.25, -0.2) is 0 Å². The summed E-state index contributed by atoms with van der Waals surface area (Å²) in [7, 11) is 1.80. The van der Waals surface area contributed by atoms with Gasteiger partial charge in [-0.2, -0.15) is 0 Å². The standard InChI is InChI=1S/C16H26N2O3/c1-5-18(4)16(19)13(3)17-11-12-21-15-10-8-7-9-14(15)20-6-2/h7-10,13,17H,5-6,11-12H2,1-4H3. The number of ether oxygens (including phenoxy) is 2. The molecule has 0 spiro atoms. The Balaban J connectivity index is 2.36. The van der Waals surface area contributed by atoms with Crippen molar-refractivity contribution in [3.63, 3.8) is 0 Å². The minimum atomic E-state index is -0.208. The van der Waals surface area contributed by atoms with Gasteiger partial charge in [0.2, 0.25) is 5.91 Å². The number of carbonyl (C=O) groups is 1. The number of benzene rings is 1. The number of likely N-dealkylation sites (N-methyl/N-ethyl adjacent to an activating group) is 1. The molecule has 0 aliphatic rings. The van der Waals surface area contributed by atoms with E-state index in [0.717, 1.165) is 11.5 Å². The second kappa shape index (κ2) is 9.23. The lowest BCUT2D eigenvalue weighted by Crippen LogP contribution is -2.44. The minimum absolute atomic E-state index is 0.0900. The third kappa shape index (κ3) is 5.63. The molecule has 1 rings (SSSR count). The average molecular weight is 294 g/mol. The molecule has 0 heterocycles. The zero-order chi connectivity index (χ0) is 15.7. The van der Waals surface area contributed by atoms with Crippen molar-refractivity contribution in [3.05, 3.63) is 24.3 Å². The van der Waals surface area contributed by atoms with Gasteiger partial charge < -0.3 is 19.7 Å². The Morgan fingerprint density at radius 2 is 1.86 bits per heavy atom. The van der Waals surface area contributed by atoms with E-state index in [0.29, 0.717) is 26.3 Å². The smallest absolute Gasteiger partial charge is 0.239 e. The van der Waals surface area contributed by atoms with Crippen LogP contribution in [0.15, 0.2) is 24.3 Å². The molecular formula is C16H26N2O3. The maximum Gasteiger partial charge on any atom is 0.239 e. The maximum atomic E-state index is 11.9. The number of nitrogens with zero attached hydrogens (tertiary/aromatic N) is 1. The Labute approximate surface area is 127 Å². The summed E-state index contributed by atoms with van der Waals surface area (Å²) in [6, 6.07) is 7.38. The van der Waals surface area contributed by atoms with Crippen molar-refractivity contribution in [2.24, 2.45) is 0 Å². The molecule has 0 saturated carbocycles. The first-order valence-corrected chi connectivity index (χ1v) is 7.43. The van der Waals surface area contributed by atoms with Crippen LogP contribution in [0.25, 0.3) is 0 Å². The van der Waals surface area contributed by atoms with Gasteiger partial charge in [0.15, 0.2) is 11.5 Å². The van der Waals surface area contributed by atoms with Gasteiger partial charge in [-0.15, -0.1) is 0 Å². The Hall–Kier alpha value is -1.75. The molecular weight excluding hydrogens is 268 g/mol. The van der Waals surface area contributed by atoms with Crippen LogP contribution in [-0.2, 0) is 4.79 Å². The summed E-state index contributed by atoms with van der Waals surface area (Å²) in [5, 5.41) is 3.16. The second-order valence-electron chi connectivity index (χ2n) is 4.76. The molecule has 5 nitrogen and oxygen atoms in total. The van der Waals surface area contributed by atoms with Crippen LogP contribution in [0, 0.1) is 0 Å². The first-order valence-electron chi connectivity index (χ1n) is 7.43. The molecule has 1 aromatic carbocycles. The van der Waals surface area contributed by atoms with Crippen LogP contribution in [0.2, 0.25) is 0 Å². The van der Waals surface area contributed by atoms with Crippen LogP contribution in [0.4, 0.5) is 0 Å². The van der Waals surface area contributed by atoms with Gasteiger partial charge in [0.05, 0.1) is 12.6 Å². The number of hydrogen-bond donors (Lipinski definition) is 1. The lowest BCUT2D eigenvalue weighted by Gasteiger charge is -2.20. The van der Waals surface area contributed by atoms with Gasteiger partial charge in [-0.1, -0.05) is 12.1 Å². The van der Waals surface area contributed by atoms with Crippen molar-refractivity contribution in [2.75, 3.05) is 33.4 Å². The van der Waals surface area contributed by atoms with Crippen molar-refractivity contribution >= 4 is 5.91 Å². The minimum Gasteiger partial charge on any atom is -0.490 e. The first kappa shape index (κ1) is 17.3. The zero-order valence-corrected chi connectivity index (χ0v) is 13.4. The van der Waals surface area contributed by atoms with Gasteiger partial charge in [0.25, 0.3) is 0 Å². The normalized spacial score (nSPS) is 11.8. The molecule has 21 heavy (non-hydrogen) atoms. The first-order chi connectivity index (χ1) is 10.1. The lowest BCUT2D eigenvalue weighted by molar-refractivity contribution is -0.131. The Morgan fingerprint density at radius 1 is 1.24 bits per heavy atom. The summed E-state index contributed by atoms with van der Waals surface area (Å²) in [6.45, 7) is 8.16. The molecule has 1 unspecified atom stereocenters. The highest BCUT2D eigenvalue weighted by atomic mass is 16.5. The van der Waals surface area contributed by atoms with E-state index in [-0.39, 0.29) is 11.9 Å². The van der Waals surface area contributed by atoms with Crippen molar-refractivity contribution in [1.29, 1.82) is 0 Å². The van der Waals surface area contributed by atoms with Gasteiger partial charge in [0.1, 0.15) is 6.61 Å². The van der Waals surface area contributed by atoms with Gasteiger partial charge in [0, 0.05) is 20.1 Å². The Morgan fingerprint density at radius 3 is 2.43 bits per heavy atom. The topological polar surface area (TPSA) is 50.8 Å². The number of amides is 1. The molecule has 1 N–H and O–H groups in total. The molecule has 0 saturated heterocycles. The summed E-state index contributed by atoms with van der Waals surface area (Å²) in [5.74, 6) is 1.56. The molecule has 0 aliphatic heterocycles. The highest BCUT2D eigenvalue weighted by Crippen LogP contribution is 2.25. The Bertz CT molecular complexity index is 437. The quantitative estimate of drug-likeness (QED) is 0.707. The molecule has 1 atom stereocenters. The second-order valence-corrected chi connectivity index (χ2v) is 4.76. The number of rotatable bonds is 9. The molecule has 0 fully saturated rings. The number of nitrogens with one attached hydrogen (secondary N) is 1. The molecule has 0 aromatic heterocycles. The largest absolute Gasteiger partial charge is 0.490 e. The van der Waals surface area contributed by atoms with Crippen LogP contribution in [0.3, 0.4) is 0 Å². The SMILES string of the molecule is CCOc1ccccc1OCCNC(C)C(=O)N(C)CC. The highest BCUT2D eigenvalue weighted by Gasteiger charge is 2.15. The fraction of sp³-hybridized carbons (Fsp3) is 0.562. The molecule has 0 aliphatic carbocycles. The van der Waals surface area contributed by atoms with Crippen molar-refractivity contribution < 1.29 is 14.3 Å².